The summed E-state index contributed by atoms with van der Waals surface area (Å²) in [5.41, 5.74) is 1.61. The van der Waals surface area contributed by atoms with E-state index in [0.29, 0.717) is 5.92 Å². The Bertz CT molecular complexity index is 436. The van der Waals surface area contributed by atoms with Crippen LogP contribution in [-0.2, 0) is 37.4 Å². The maximum atomic E-state index is 5.61. The van der Waals surface area contributed by atoms with E-state index in [1.54, 1.807) is 0 Å². The summed E-state index contributed by atoms with van der Waals surface area (Å²) in [4.78, 5) is 4.33. The fourth-order valence-corrected chi connectivity index (χ4v) is 1.82. The van der Waals surface area contributed by atoms with Gasteiger partial charge < -0.3 is 9.72 Å². The predicted molar refractivity (Wildman–Crippen MR) is 67.6 cm³/mol. The van der Waals surface area contributed by atoms with Crippen molar-refractivity contribution >= 4 is 0 Å². The minimum atomic E-state index is -0.279. The quantitative estimate of drug-likeness (QED) is 0.587. The van der Waals surface area contributed by atoms with E-state index in [-0.39, 0.29) is 38.3 Å². The first-order valence-corrected chi connectivity index (χ1v) is 6.14. The molecule has 2 rings (SSSR count). The Labute approximate surface area is 135 Å². The van der Waals surface area contributed by atoms with Crippen LogP contribution in [0.15, 0.2) is 12.3 Å². The van der Waals surface area contributed by atoms with E-state index in [1.807, 2.05) is 19.2 Å². The third-order valence-corrected chi connectivity index (χ3v) is 3.01. The summed E-state index contributed by atoms with van der Waals surface area (Å²) in [6.45, 7) is 7.12. The van der Waals surface area contributed by atoms with E-state index in [1.165, 1.54) is 0 Å². The molecule has 1 unspecified atom stereocenters. The molecule has 1 aromatic heterocycles. The van der Waals surface area contributed by atoms with Crippen molar-refractivity contribution in [3.8, 4) is 11.8 Å². The van der Waals surface area contributed by atoms with Crippen molar-refractivity contribution in [3.05, 3.63) is 29.6 Å². The molecule has 0 spiro atoms. The van der Waals surface area contributed by atoms with Crippen molar-refractivity contribution in [2.45, 2.75) is 45.1 Å². The minimum absolute atomic E-state index is 0. The van der Waals surface area contributed by atoms with E-state index < -0.39 is 0 Å². The number of pyridine rings is 1. The molecule has 1 aliphatic rings. The Morgan fingerprint density at radius 3 is 2.78 bits per heavy atom. The van der Waals surface area contributed by atoms with Crippen LogP contribution in [0.3, 0.4) is 0 Å². The van der Waals surface area contributed by atoms with Crippen molar-refractivity contribution < 1.29 is 37.4 Å². The maximum Gasteiger partial charge on any atom is 0.125 e. The van der Waals surface area contributed by atoms with Gasteiger partial charge in [0, 0.05) is 39.3 Å². The van der Waals surface area contributed by atoms with Crippen LogP contribution >= 0.6 is 0 Å². The monoisotopic (exact) mass is 317 g/mol. The van der Waals surface area contributed by atoms with Crippen LogP contribution < -0.4 is 0 Å². The zero-order valence-electron chi connectivity index (χ0n) is 11.3. The normalized spacial score (nSPS) is 22.2. The van der Waals surface area contributed by atoms with Crippen LogP contribution in [0.1, 0.15) is 50.8 Å². The van der Waals surface area contributed by atoms with E-state index in [0.717, 1.165) is 30.7 Å². The summed E-state index contributed by atoms with van der Waals surface area (Å²) in [6, 6.07) is 5.08. The van der Waals surface area contributed by atoms with Crippen LogP contribution in [0, 0.1) is 17.9 Å². The van der Waals surface area contributed by atoms with Gasteiger partial charge in [-0.05, 0) is 31.4 Å². The molecular formula is C15H18NOY-. The molecule has 0 bridgehead atoms. The first kappa shape index (κ1) is 15.8. The molecule has 1 atom stereocenters. The molecule has 0 amide bonds. The number of hydrogen-bond donors (Lipinski definition) is 0. The van der Waals surface area contributed by atoms with Crippen molar-refractivity contribution in [1.82, 2.24) is 4.98 Å². The van der Waals surface area contributed by atoms with Gasteiger partial charge in [0.15, 0.2) is 0 Å². The van der Waals surface area contributed by atoms with Crippen molar-refractivity contribution in [3.63, 3.8) is 0 Å². The molecule has 1 radical (unpaired) electrons. The maximum absolute atomic E-state index is 5.61. The Morgan fingerprint density at radius 1 is 1.50 bits per heavy atom. The molecule has 1 saturated heterocycles. The number of hydrogen-bond acceptors (Lipinski definition) is 2. The summed E-state index contributed by atoms with van der Waals surface area (Å²) >= 11 is 0. The molecule has 93 valence electrons. The standard InChI is InChI=1S/C15H18NO.Y/c1-12(2)13-5-6-14(16-11-13)7-9-15(3)8-4-10-17-15;/h6,11-12H,4,8,10H2,1-3H3;/q-1;. The van der Waals surface area contributed by atoms with Gasteiger partial charge in [-0.25, -0.2) is 0 Å². The second-order valence-electron chi connectivity index (χ2n) is 4.98. The van der Waals surface area contributed by atoms with Gasteiger partial charge in [0.05, 0.1) is 0 Å². The van der Waals surface area contributed by atoms with Crippen LogP contribution in [0.5, 0.6) is 0 Å². The summed E-state index contributed by atoms with van der Waals surface area (Å²) in [5.74, 6) is 6.70. The molecule has 0 N–H and O–H groups in total. The molecule has 0 aliphatic carbocycles. The fraction of sp³-hybridized carbons (Fsp3) is 0.533. The first-order valence-electron chi connectivity index (χ1n) is 6.14. The van der Waals surface area contributed by atoms with Crippen molar-refractivity contribution in [2.24, 2.45) is 0 Å². The zero-order valence-corrected chi connectivity index (χ0v) is 14.1. The van der Waals surface area contributed by atoms with E-state index in [2.05, 4.69) is 36.7 Å². The van der Waals surface area contributed by atoms with Gasteiger partial charge in [-0.15, -0.1) is 17.6 Å². The van der Waals surface area contributed by atoms with Gasteiger partial charge in [-0.2, -0.15) is 6.07 Å². The number of rotatable bonds is 1. The minimum Gasteiger partial charge on any atom is -0.375 e. The zero-order chi connectivity index (χ0) is 12.3. The van der Waals surface area contributed by atoms with Crippen LogP contribution in [0.25, 0.3) is 0 Å². The summed E-state index contributed by atoms with van der Waals surface area (Å²) in [5, 5.41) is 0. The fourth-order valence-electron chi connectivity index (χ4n) is 1.82. The van der Waals surface area contributed by atoms with Gasteiger partial charge in [0.2, 0.25) is 0 Å². The third-order valence-electron chi connectivity index (χ3n) is 3.01. The molecule has 0 aromatic carbocycles. The van der Waals surface area contributed by atoms with Crippen molar-refractivity contribution in [2.75, 3.05) is 6.61 Å². The SMILES string of the molecule is CC(C)c1[c-]cc(C#CC2(C)CCCO2)nc1.[Y]. The van der Waals surface area contributed by atoms with E-state index in [9.17, 15) is 0 Å². The molecular weight excluding hydrogens is 299 g/mol. The Balaban J connectivity index is 0.00000162. The van der Waals surface area contributed by atoms with Gasteiger partial charge in [-0.1, -0.05) is 26.0 Å². The second-order valence-corrected chi connectivity index (χ2v) is 4.98. The molecule has 18 heavy (non-hydrogen) atoms. The molecule has 3 heteroatoms. The third kappa shape index (κ3) is 4.16. The van der Waals surface area contributed by atoms with Crippen LogP contribution in [-0.4, -0.2) is 17.2 Å². The second kappa shape index (κ2) is 6.80. The summed E-state index contributed by atoms with van der Waals surface area (Å²) in [7, 11) is 0. The van der Waals surface area contributed by atoms with E-state index in [4.69, 9.17) is 4.74 Å². The smallest absolute Gasteiger partial charge is 0.125 e. The van der Waals surface area contributed by atoms with Crippen molar-refractivity contribution in [1.29, 1.82) is 0 Å². The number of aromatic nitrogens is 1. The van der Waals surface area contributed by atoms with Crippen LogP contribution in [0.4, 0.5) is 0 Å². The van der Waals surface area contributed by atoms with Gasteiger partial charge in [-0.3, -0.25) is 0 Å². The molecule has 1 aliphatic heterocycles. The number of ether oxygens (including phenoxy) is 1. The molecule has 1 aromatic rings. The summed E-state index contributed by atoms with van der Waals surface area (Å²) < 4.78 is 5.61. The average molecular weight is 317 g/mol. The number of nitrogens with zero attached hydrogens (tertiary/aromatic N) is 1. The van der Waals surface area contributed by atoms with Gasteiger partial charge >= 0.3 is 0 Å². The van der Waals surface area contributed by atoms with Gasteiger partial charge in [0.25, 0.3) is 0 Å². The average Bonchev–Trinajstić information content (AvgIpc) is 2.75. The Morgan fingerprint density at radius 2 is 2.28 bits per heavy atom. The Hall–Kier alpha value is -0.226. The molecule has 0 saturated carbocycles. The van der Waals surface area contributed by atoms with Crippen LogP contribution in [0.2, 0.25) is 0 Å². The van der Waals surface area contributed by atoms with Gasteiger partial charge in [0.1, 0.15) is 5.60 Å². The van der Waals surface area contributed by atoms with E-state index >= 15 is 0 Å². The Kier molecular flexibility index (Phi) is 5.98. The molecule has 2 nitrogen and oxygen atoms in total. The summed E-state index contributed by atoms with van der Waals surface area (Å²) in [6.07, 6.45) is 3.96. The first-order chi connectivity index (χ1) is 8.09. The largest absolute Gasteiger partial charge is 0.375 e. The molecule has 1 fully saturated rings. The molecule has 2 heterocycles. The topological polar surface area (TPSA) is 22.1 Å². The predicted octanol–water partition coefficient (Wildman–Crippen LogP) is 2.92.